The Labute approximate surface area is 170 Å². The van der Waals surface area contributed by atoms with Crippen LogP contribution in [0.2, 0.25) is 0 Å². The fourth-order valence-corrected chi connectivity index (χ4v) is 4.83. The van der Waals surface area contributed by atoms with E-state index in [0.717, 1.165) is 41.0 Å². The number of aromatic nitrogens is 5. The fourth-order valence-electron chi connectivity index (χ4n) is 3.62. The Morgan fingerprint density at radius 1 is 1.14 bits per heavy atom. The summed E-state index contributed by atoms with van der Waals surface area (Å²) < 4.78 is 27.0. The predicted molar refractivity (Wildman–Crippen MR) is 111 cm³/mol. The Balaban J connectivity index is 1.54. The maximum atomic E-state index is 12.4. The van der Waals surface area contributed by atoms with E-state index in [1.807, 2.05) is 13.8 Å². The zero-order valence-corrected chi connectivity index (χ0v) is 17.6. The van der Waals surface area contributed by atoms with Crippen LogP contribution in [0, 0.1) is 19.8 Å². The van der Waals surface area contributed by atoms with Crippen LogP contribution in [0.15, 0.2) is 23.6 Å². The number of fused-ring (bicyclic) bond motifs is 1. The lowest BCUT2D eigenvalue weighted by molar-refractivity contribution is 0.571. The van der Waals surface area contributed by atoms with Gasteiger partial charge in [0.05, 0.1) is 11.3 Å². The summed E-state index contributed by atoms with van der Waals surface area (Å²) in [5.41, 5.74) is 9.92. The molecule has 0 bridgehead atoms. The maximum Gasteiger partial charge on any atom is 0.246 e. The minimum Gasteiger partial charge on any atom is -0.382 e. The van der Waals surface area contributed by atoms with Gasteiger partial charge in [0.1, 0.15) is 11.3 Å². The standard InChI is InChI=1S/C20H26N6O2S/c1-13-14(2)24-19(21)17-18(13)26(16(25-17)12-15-6-7-15)10-3-4-11-29(27,28)20-22-8-5-9-23-20/h5,8-9,15H,3-4,6-7,10-12H2,1-2H3,(H2,21,24). The Hall–Kier alpha value is -2.55. The molecule has 9 heteroatoms. The van der Waals surface area contributed by atoms with Crippen LogP contribution in [0.5, 0.6) is 0 Å². The second-order valence-corrected chi connectivity index (χ2v) is 9.79. The van der Waals surface area contributed by atoms with Gasteiger partial charge in [-0.05, 0) is 57.1 Å². The molecule has 0 aromatic carbocycles. The second kappa shape index (κ2) is 7.70. The summed E-state index contributed by atoms with van der Waals surface area (Å²) in [5.74, 6) is 2.21. The van der Waals surface area contributed by atoms with Crippen LogP contribution in [0.4, 0.5) is 5.82 Å². The summed E-state index contributed by atoms with van der Waals surface area (Å²) in [6, 6.07) is 1.61. The molecule has 0 atom stereocenters. The molecular formula is C20H26N6O2S. The predicted octanol–water partition coefficient (Wildman–Crippen LogP) is 2.63. The largest absolute Gasteiger partial charge is 0.382 e. The molecule has 3 heterocycles. The summed E-state index contributed by atoms with van der Waals surface area (Å²) in [6.07, 6.45) is 7.56. The number of sulfone groups is 1. The molecule has 0 saturated heterocycles. The van der Waals surface area contributed by atoms with Gasteiger partial charge in [-0.1, -0.05) is 0 Å². The summed E-state index contributed by atoms with van der Waals surface area (Å²) in [5, 5.41) is -0.104. The lowest BCUT2D eigenvalue weighted by Crippen LogP contribution is -2.12. The van der Waals surface area contributed by atoms with Crippen molar-refractivity contribution < 1.29 is 8.42 Å². The number of rotatable bonds is 8. The van der Waals surface area contributed by atoms with Gasteiger partial charge in [-0.2, -0.15) is 0 Å². The first-order valence-corrected chi connectivity index (χ1v) is 11.6. The Bertz CT molecular complexity index is 1140. The van der Waals surface area contributed by atoms with E-state index in [1.165, 1.54) is 25.2 Å². The Morgan fingerprint density at radius 2 is 1.86 bits per heavy atom. The number of pyridine rings is 1. The average Bonchev–Trinajstić information content (AvgIpc) is 3.44. The second-order valence-electron chi connectivity index (χ2n) is 7.79. The first kappa shape index (κ1) is 19.8. The maximum absolute atomic E-state index is 12.4. The van der Waals surface area contributed by atoms with E-state index in [4.69, 9.17) is 10.7 Å². The molecule has 4 rings (SSSR count). The molecular weight excluding hydrogens is 388 g/mol. The highest BCUT2D eigenvalue weighted by atomic mass is 32.2. The number of unbranched alkanes of at least 4 members (excludes halogenated alkanes) is 1. The number of nitrogens with two attached hydrogens (primary N) is 1. The third kappa shape index (κ3) is 4.10. The summed E-state index contributed by atoms with van der Waals surface area (Å²) in [6.45, 7) is 4.70. The van der Waals surface area contributed by atoms with Gasteiger partial charge in [0, 0.05) is 31.1 Å². The molecule has 0 amide bonds. The lowest BCUT2D eigenvalue weighted by Gasteiger charge is -2.12. The molecule has 8 nitrogen and oxygen atoms in total. The lowest BCUT2D eigenvalue weighted by atomic mass is 10.2. The van der Waals surface area contributed by atoms with Crippen LogP contribution < -0.4 is 5.73 Å². The van der Waals surface area contributed by atoms with Crippen molar-refractivity contribution in [1.82, 2.24) is 24.5 Å². The zero-order chi connectivity index (χ0) is 20.6. The summed E-state index contributed by atoms with van der Waals surface area (Å²) in [7, 11) is -3.46. The molecule has 3 aromatic heterocycles. The van der Waals surface area contributed by atoms with Crippen LogP contribution in [-0.2, 0) is 22.8 Å². The number of nitrogens with zero attached hydrogens (tertiary/aromatic N) is 5. The molecule has 29 heavy (non-hydrogen) atoms. The number of anilines is 1. The minimum atomic E-state index is -3.46. The SMILES string of the molecule is Cc1nc(N)c2nc(CC3CC3)n(CCCCS(=O)(=O)c3ncccn3)c2c1C. The zero-order valence-electron chi connectivity index (χ0n) is 16.8. The van der Waals surface area contributed by atoms with E-state index in [9.17, 15) is 8.42 Å². The van der Waals surface area contributed by atoms with E-state index >= 15 is 0 Å². The van der Waals surface area contributed by atoms with Gasteiger partial charge in [-0.25, -0.2) is 28.4 Å². The molecule has 0 aliphatic heterocycles. The quantitative estimate of drug-likeness (QED) is 0.445. The first-order chi connectivity index (χ1) is 13.9. The van der Waals surface area contributed by atoms with E-state index in [2.05, 4.69) is 19.5 Å². The molecule has 3 aromatic rings. The van der Waals surface area contributed by atoms with Crippen LogP contribution in [-0.4, -0.2) is 38.7 Å². The molecule has 0 radical (unpaired) electrons. The highest BCUT2D eigenvalue weighted by Crippen LogP contribution is 2.34. The molecule has 154 valence electrons. The smallest absolute Gasteiger partial charge is 0.246 e. The third-order valence-electron chi connectivity index (χ3n) is 5.51. The van der Waals surface area contributed by atoms with Crippen LogP contribution >= 0.6 is 0 Å². The van der Waals surface area contributed by atoms with E-state index in [0.29, 0.717) is 24.7 Å². The van der Waals surface area contributed by atoms with Crippen molar-refractivity contribution in [3.05, 3.63) is 35.5 Å². The van der Waals surface area contributed by atoms with Crippen molar-refractivity contribution in [2.24, 2.45) is 5.92 Å². The topological polar surface area (TPSA) is 117 Å². The van der Waals surface area contributed by atoms with Gasteiger partial charge in [0.25, 0.3) is 0 Å². The Morgan fingerprint density at radius 3 is 2.55 bits per heavy atom. The van der Waals surface area contributed by atoms with Crippen molar-refractivity contribution in [1.29, 1.82) is 0 Å². The molecule has 1 aliphatic carbocycles. The van der Waals surface area contributed by atoms with Gasteiger partial charge in [0.15, 0.2) is 5.82 Å². The van der Waals surface area contributed by atoms with Crippen LogP contribution in [0.1, 0.15) is 42.8 Å². The van der Waals surface area contributed by atoms with Crippen LogP contribution in [0.25, 0.3) is 11.0 Å². The third-order valence-corrected chi connectivity index (χ3v) is 7.10. The first-order valence-electron chi connectivity index (χ1n) is 9.98. The van der Waals surface area contributed by atoms with Crippen molar-refractivity contribution in [2.75, 3.05) is 11.5 Å². The number of hydrogen-bond donors (Lipinski definition) is 1. The van der Waals surface area contributed by atoms with E-state index in [-0.39, 0.29) is 10.9 Å². The van der Waals surface area contributed by atoms with E-state index < -0.39 is 9.84 Å². The normalized spacial score (nSPS) is 14.6. The number of nitrogen functional groups attached to an aromatic ring is 1. The van der Waals surface area contributed by atoms with E-state index in [1.54, 1.807) is 6.07 Å². The van der Waals surface area contributed by atoms with Gasteiger partial charge >= 0.3 is 0 Å². The van der Waals surface area contributed by atoms with Crippen molar-refractivity contribution in [3.8, 4) is 0 Å². The van der Waals surface area contributed by atoms with Crippen molar-refractivity contribution >= 4 is 26.7 Å². The molecule has 1 aliphatic rings. The monoisotopic (exact) mass is 414 g/mol. The summed E-state index contributed by atoms with van der Waals surface area (Å²) in [4.78, 5) is 17.0. The van der Waals surface area contributed by atoms with Crippen molar-refractivity contribution in [3.63, 3.8) is 0 Å². The van der Waals surface area contributed by atoms with Crippen molar-refractivity contribution in [2.45, 2.75) is 57.7 Å². The highest BCUT2D eigenvalue weighted by molar-refractivity contribution is 7.91. The molecule has 1 fully saturated rings. The van der Waals surface area contributed by atoms with Gasteiger partial charge in [-0.3, -0.25) is 0 Å². The minimum absolute atomic E-state index is 0.0311. The number of imidazole rings is 1. The highest BCUT2D eigenvalue weighted by Gasteiger charge is 2.26. The van der Waals surface area contributed by atoms with Gasteiger partial charge in [0.2, 0.25) is 15.0 Å². The molecule has 1 saturated carbocycles. The summed E-state index contributed by atoms with van der Waals surface area (Å²) >= 11 is 0. The molecule has 0 spiro atoms. The number of hydrogen-bond acceptors (Lipinski definition) is 7. The average molecular weight is 415 g/mol. The van der Waals surface area contributed by atoms with Gasteiger partial charge < -0.3 is 10.3 Å². The fraction of sp³-hybridized carbons (Fsp3) is 0.500. The van der Waals surface area contributed by atoms with Crippen LogP contribution in [0.3, 0.4) is 0 Å². The molecule has 2 N–H and O–H groups in total. The Kier molecular flexibility index (Phi) is 5.24. The van der Waals surface area contributed by atoms with Gasteiger partial charge in [-0.15, -0.1) is 0 Å². The molecule has 0 unspecified atom stereocenters. The number of aryl methyl sites for hydroxylation is 3.